The Morgan fingerprint density at radius 2 is 1.60 bits per heavy atom. The number of amides is 1. The SMILES string of the molecule is COc1ccc(C=C(NC(=O)c2ccccc2)C(=O)O)cc1OCc1ccccc1. The number of carbonyl (C=O) groups excluding carboxylic acids is 1. The Morgan fingerprint density at radius 3 is 2.23 bits per heavy atom. The van der Waals surface area contributed by atoms with Crippen LogP contribution in [-0.2, 0) is 11.4 Å². The first kappa shape index (κ1) is 20.7. The maximum atomic E-state index is 12.3. The van der Waals surface area contributed by atoms with Crippen LogP contribution in [0.2, 0.25) is 0 Å². The van der Waals surface area contributed by atoms with Gasteiger partial charge in [-0.05, 0) is 41.5 Å². The highest BCUT2D eigenvalue weighted by atomic mass is 16.5. The lowest BCUT2D eigenvalue weighted by Gasteiger charge is -2.12. The van der Waals surface area contributed by atoms with Crippen LogP contribution in [0.15, 0.2) is 84.6 Å². The molecule has 0 unspecified atom stereocenters. The van der Waals surface area contributed by atoms with Gasteiger partial charge in [0.2, 0.25) is 0 Å². The van der Waals surface area contributed by atoms with Crippen LogP contribution < -0.4 is 14.8 Å². The molecule has 0 aromatic heterocycles. The number of carbonyl (C=O) groups is 2. The van der Waals surface area contributed by atoms with Gasteiger partial charge in [-0.2, -0.15) is 0 Å². The van der Waals surface area contributed by atoms with E-state index in [-0.39, 0.29) is 5.70 Å². The molecule has 6 heteroatoms. The molecule has 0 fully saturated rings. The van der Waals surface area contributed by atoms with E-state index in [1.165, 1.54) is 13.2 Å². The molecule has 0 atom stereocenters. The summed E-state index contributed by atoms with van der Waals surface area (Å²) in [6.07, 6.45) is 1.37. The lowest BCUT2D eigenvalue weighted by atomic mass is 10.1. The van der Waals surface area contributed by atoms with Gasteiger partial charge in [0.15, 0.2) is 11.5 Å². The van der Waals surface area contributed by atoms with Crippen LogP contribution in [-0.4, -0.2) is 24.1 Å². The zero-order valence-electron chi connectivity index (χ0n) is 16.4. The van der Waals surface area contributed by atoms with Gasteiger partial charge in [0.1, 0.15) is 12.3 Å². The largest absolute Gasteiger partial charge is 0.493 e. The topological polar surface area (TPSA) is 84.9 Å². The summed E-state index contributed by atoms with van der Waals surface area (Å²) in [6, 6.07) is 23.1. The molecule has 0 spiro atoms. The Balaban J connectivity index is 1.82. The first-order valence-electron chi connectivity index (χ1n) is 9.23. The predicted octanol–water partition coefficient (Wildman–Crippen LogP) is 4.13. The molecule has 0 bridgehead atoms. The van der Waals surface area contributed by atoms with Gasteiger partial charge in [-0.3, -0.25) is 4.79 Å². The van der Waals surface area contributed by atoms with E-state index < -0.39 is 11.9 Å². The van der Waals surface area contributed by atoms with E-state index in [1.807, 2.05) is 30.3 Å². The molecule has 3 aromatic rings. The number of hydrogen-bond donors (Lipinski definition) is 2. The molecule has 0 saturated heterocycles. The Hall–Kier alpha value is -4.06. The third kappa shape index (κ3) is 5.48. The van der Waals surface area contributed by atoms with E-state index in [4.69, 9.17) is 9.47 Å². The predicted molar refractivity (Wildman–Crippen MR) is 113 cm³/mol. The van der Waals surface area contributed by atoms with Crippen LogP contribution in [0.1, 0.15) is 21.5 Å². The number of rotatable bonds is 8. The number of aliphatic carboxylic acids is 1. The van der Waals surface area contributed by atoms with E-state index in [0.717, 1.165) is 5.56 Å². The zero-order chi connectivity index (χ0) is 21.3. The van der Waals surface area contributed by atoms with E-state index in [2.05, 4.69) is 5.32 Å². The van der Waals surface area contributed by atoms with Crippen LogP contribution in [0.5, 0.6) is 11.5 Å². The monoisotopic (exact) mass is 403 g/mol. The minimum absolute atomic E-state index is 0.247. The number of ether oxygens (including phenoxy) is 2. The zero-order valence-corrected chi connectivity index (χ0v) is 16.4. The van der Waals surface area contributed by atoms with E-state index in [9.17, 15) is 14.7 Å². The lowest BCUT2D eigenvalue weighted by Crippen LogP contribution is -2.27. The number of nitrogens with one attached hydrogen (secondary N) is 1. The molecule has 3 aromatic carbocycles. The number of methoxy groups -OCH3 is 1. The van der Waals surface area contributed by atoms with E-state index in [0.29, 0.717) is 29.2 Å². The number of hydrogen-bond acceptors (Lipinski definition) is 4. The molecule has 30 heavy (non-hydrogen) atoms. The van der Waals surface area contributed by atoms with Crippen LogP contribution in [0.3, 0.4) is 0 Å². The van der Waals surface area contributed by atoms with Crippen LogP contribution in [0, 0.1) is 0 Å². The van der Waals surface area contributed by atoms with Gasteiger partial charge < -0.3 is 19.9 Å². The second-order valence-corrected chi connectivity index (χ2v) is 6.37. The maximum Gasteiger partial charge on any atom is 0.352 e. The van der Waals surface area contributed by atoms with Gasteiger partial charge in [-0.15, -0.1) is 0 Å². The fraction of sp³-hybridized carbons (Fsp3) is 0.0833. The van der Waals surface area contributed by atoms with Gasteiger partial charge in [0, 0.05) is 5.56 Å². The minimum Gasteiger partial charge on any atom is -0.493 e. The van der Waals surface area contributed by atoms with Crippen molar-refractivity contribution >= 4 is 18.0 Å². The first-order chi connectivity index (χ1) is 14.6. The molecule has 0 aliphatic rings. The molecule has 2 N–H and O–H groups in total. The summed E-state index contributed by atoms with van der Waals surface area (Å²) in [5.41, 5.74) is 1.65. The van der Waals surface area contributed by atoms with Crippen molar-refractivity contribution in [3.05, 3.63) is 101 Å². The van der Waals surface area contributed by atoms with Crippen LogP contribution in [0.25, 0.3) is 6.08 Å². The highest BCUT2D eigenvalue weighted by molar-refractivity contribution is 6.02. The third-order valence-corrected chi connectivity index (χ3v) is 4.25. The van der Waals surface area contributed by atoms with Crippen molar-refractivity contribution < 1.29 is 24.2 Å². The Kier molecular flexibility index (Phi) is 6.84. The van der Waals surface area contributed by atoms with Crippen molar-refractivity contribution in [1.82, 2.24) is 5.32 Å². The van der Waals surface area contributed by atoms with Gasteiger partial charge >= 0.3 is 5.97 Å². The van der Waals surface area contributed by atoms with Gasteiger partial charge in [-0.25, -0.2) is 4.79 Å². The number of carboxylic acids is 1. The summed E-state index contributed by atoms with van der Waals surface area (Å²) in [7, 11) is 1.53. The van der Waals surface area contributed by atoms with Gasteiger partial charge in [-0.1, -0.05) is 54.6 Å². The highest BCUT2D eigenvalue weighted by Crippen LogP contribution is 2.29. The smallest absolute Gasteiger partial charge is 0.352 e. The number of benzene rings is 3. The molecule has 6 nitrogen and oxygen atoms in total. The van der Waals surface area contributed by atoms with Crippen molar-refractivity contribution in [3.8, 4) is 11.5 Å². The van der Waals surface area contributed by atoms with Crippen molar-refractivity contribution in [2.24, 2.45) is 0 Å². The summed E-state index contributed by atoms with van der Waals surface area (Å²) in [6.45, 7) is 0.334. The van der Waals surface area contributed by atoms with Crippen molar-refractivity contribution in [2.45, 2.75) is 6.61 Å². The summed E-state index contributed by atoms with van der Waals surface area (Å²) < 4.78 is 11.2. The summed E-state index contributed by atoms with van der Waals surface area (Å²) in [4.78, 5) is 24.0. The number of carboxylic acid groups (broad SMARTS) is 1. The quantitative estimate of drug-likeness (QED) is 0.553. The second kappa shape index (κ2) is 9.93. The van der Waals surface area contributed by atoms with E-state index in [1.54, 1.807) is 48.5 Å². The average molecular weight is 403 g/mol. The Morgan fingerprint density at radius 1 is 0.933 bits per heavy atom. The Labute approximate surface area is 174 Å². The molecular formula is C24H21NO5. The molecule has 0 radical (unpaired) electrons. The molecule has 152 valence electrons. The van der Waals surface area contributed by atoms with Crippen molar-refractivity contribution in [1.29, 1.82) is 0 Å². The minimum atomic E-state index is -1.25. The fourth-order valence-corrected chi connectivity index (χ4v) is 2.73. The standard InChI is InChI=1S/C24H21NO5/c1-29-21-13-12-18(15-22(21)30-16-17-8-4-2-5-9-17)14-20(24(27)28)25-23(26)19-10-6-3-7-11-19/h2-15H,16H2,1H3,(H,25,26)(H,27,28). The van der Waals surface area contributed by atoms with Gasteiger partial charge in [0.25, 0.3) is 5.91 Å². The Bertz CT molecular complexity index is 1050. The third-order valence-electron chi connectivity index (χ3n) is 4.25. The molecule has 0 heterocycles. The molecule has 0 aliphatic carbocycles. The normalized spacial score (nSPS) is 10.9. The maximum absolute atomic E-state index is 12.3. The first-order valence-corrected chi connectivity index (χ1v) is 9.23. The van der Waals surface area contributed by atoms with Crippen molar-refractivity contribution in [2.75, 3.05) is 7.11 Å². The fourth-order valence-electron chi connectivity index (χ4n) is 2.73. The molecule has 1 amide bonds. The van der Waals surface area contributed by atoms with E-state index >= 15 is 0 Å². The molecular weight excluding hydrogens is 382 g/mol. The molecule has 3 rings (SSSR count). The van der Waals surface area contributed by atoms with Crippen molar-refractivity contribution in [3.63, 3.8) is 0 Å². The molecule has 0 aliphatic heterocycles. The van der Waals surface area contributed by atoms with Crippen LogP contribution in [0.4, 0.5) is 0 Å². The summed E-state index contributed by atoms with van der Waals surface area (Å²) >= 11 is 0. The van der Waals surface area contributed by atoms with Gasteiger partial charge in [0.05, 0.1) is 7.11 Å². The molecule has 0 saturated carbocycles. The average Bonchev–Trinajstić information content (AvgIpc) is 2.78. The highest BCUT2D eigenvalue weighted by Gasteiger charge is 2.14. The van der Waals surface area contributed by atoms with Crippen LogP contribution >= 0.6 is 0 Å². The lowest BCUT2D eigenvalue weighted by molar-refractivity contribution is -0.132. The second-order valence-electron chi connectivity index (χ2n) is 6.37. The summed E-state index contributed by atoms with van der Waals surface area (Å²) in [5.74, 6) is -0.761. The summed E-state index contributed by atoms with van der Waals surface area (Å²) in [5, 5.41) is 12.0.